The Morgan fingerprint density at radius 3 is 2.81 bits per heavy atom. The van der Waals surface area contributed by atoms with Crippen molar-refractivity contribution in [1.29, 1.82) is 0 Å². The van der Waals surface area contributed by atoms with Crippen LogP contribution < -0.4 is 0 Å². The highest BCUT2D eigenvalue weighted by molar-refractivity contribution is 5.90. The molecule has 0 saturated carbocycles. The monoisotopic (exact) mass is 217 g/mol. The number of rotatable bonds is 2. The number of aromatic hydroxyl groups is 1. The molecule has 0 amide bonds. The molecule has 0 radical (unpaired) electrons. The van der Waals surface area contributed by atoms with Crippen LogP contribution in [0.25, 0.3) is 10.8 Å². The van der Waals surface area contributed by atoms with E-state index in [4.69, 9.17) is 5.11 Å². The first-order valence-electron chi connectivity index (χ1n) is 4.90. The molecule has 82 valence electrons. The predicted molar refractivity (Wildman–Crippen MR) is 59.5 cm³/mol. The van der Waals surface area contributed by atoms with Gasteiger partial charge in [-0.1, -0.05) is 6.07 Å². The SMILES string of the molecule is CC(C(=O)O)c1nccc2ccc(O)cc12. The predicted octanol–water partition coefficient (Wildman–Crippen LogP) is 2.13. The summed E-state index contributed by atoms with van der Waals surface area (Å²) >= 11 is 0. The molecule has 1 aromatic carbocycles. The van der Waals surface area contributed by atoms with Crippen LogP contribution in [-0.2, 0) is 4.79 Å². The van der Waals surface area contributed by atoms with Gasteiger partial charge in [0.15, 0.2) is 0 Å². The van der Waals surface area contributed by atoms with Crippen LogP contribution in [0.2, 0.25) is 0 Å². The van der Waals surface area contributed by atoms with Gasteiger partial charge in [0.25, 0.3) is 0 Å². The van der Waals surface area contributed by atoms with Crippen LogP contribution in [0.1, 0.15) is 18.5 Å². The fourth-order valence-electron chi connectivity index (χ4n) is 1.64. The molecule has 0 aliphatic rings. The van der Waals surface area contributed by atoms with E-state index in [1.54, 1.807) is 31.3 Å². The van der Waals surface area contributed by atoms with Gasteiger partial charge in [0.2, 0.25) is 0 Å². The van der Waals surface area contributed by atoms with Crippen molar-refractivity contribution in [3.63, 3.8) is 0 Å². The molecule has 0 aliphatic carbocycles. The lowest BCUT2D eigenvalue weighted by molar-refractivity contribution is -0.138. The van der Waals surface area contributed by atoms with Crippen molar-refractivity contribution in [1.82, 2.24) is 4.98 Å². The Labute approximate surface area is 92.2 Å². The quantitative estimate of drug-likeness (QED) is 0.808. The highest BCUT2D eigenvalue weighted by Crippen LogP contribution is 2.26. The summed E-state index contributed by atoms with van der Waals surface area (Å²) in [6.45, 7) is 1.58. The molecule has 1 atom stereocenters. The number of aliphatic carboxylic acids is 1. The third-order valence-corrected chi connectivity index (χ3v) is 2.56. The first-order chi connectivity index (χ1) is 7.59. The number of phenolic OH excluding ortho intramolecular Hbond substituents is 1. The van der Waals surface area contributed by atoms with Crippen molar-refractivity contribution in [3.8, 4) is 5.75 Å². The number of carbonyl (C=O) groups is 1. The van der Waals surface area contributed by atoms with Crippen molar-refractivity contribution in [2.75, 3.05) is 0 Å². The molecule has 0 fully saturated rings. The molecule has 4 nitrogen and oxygen atoms in total. The van der Waals surface area contributed by atoms with Crippen molar-refractivity contribution < 1.29 is 15.0 Å². The largest absolute Gasteiger partial charge is 0.508 e. The molecule has 1 aromatic heterocycles. The summed E-state index contributed by atoms with van der Waals surface area (Å²) in [6.07, 6.45) is 1.58. The van der Waals surface area contributed by atoms with Gasteiger partial charge >= 0.3 is 5.97 Å². The summed E-state index contributed by atoms with van der Waals surface area (Å²) in [6, 6.07) is 6.63. The van der Waals surface area contributed by atoms with Crippen LogP contribution in [0.15, 0.2) is 30.5 Å². The molecule has 2 rings (SSSR count). The molecular formula is C12H11NO3. The van der Waals surface area contributed by atoms with Gasteiger partial charge in [-0.25, -0.2) is 0 Å². The van der Waals surface area contributed by atoms with Crippen LogP contribution >= 0.6 is 0 Å². The highest BCUT2D eigenvalue weighted by atomic mass is 16.4. The number of hydrogen-bond donors (Lipinski definition) is 2. The Morgan fingerprint density at radius 2 is 2.12 bits per heavy atom. The zero-order valence-electron chi connectivity index (χ0n) is 8.71. The zero-order chi connectivity index (χ0) is 11.7. The molecule has 1 heterocycles. The van der Waals surface area contributed by atoms with Crippen LogP contribution in [0, 0.1) is 0 Å². The second-order valence-electron chi connectivity index (χ2n) is 3.66. The Kier molecular flexibility index (Phi) is 2.48. The number of aromatic nitrogens is 1. The number of pyridine rings is 1. The van der Waals surface area contributed by atoms with Gasteiger partial charge < -0.3 is 10.2 Å². The fraction of sp³-hybridized carbons (Fsp3) is 0.167. The van der Waals surface area contributed by atoms with Gasteiger partial charge in [-0.2, -0.15) is 0 Å². The molecule has 0 aliphatic heterocycles. The minimum absolute atomic E-state index is 0.110. The van der Waals surface area contributed by atoms with Gasteiger partial charge in [-0.3, -0.25) is 9.78 Å². The number of fused-ring (bicyclic) bond motifs is 1. The summed E-state index contributed by atoms with van der Waals surface area (Å²) in [5.41, 5.74) is 0.473. The molecule has 0 saturated heterocycles. The summed E-state index contributed by atoms with van der Waals surface area (Å²) in [4.78, 5) is 15.0. The molecule has 2 aromatic rings. The third-order valence-electron chi connectivity index (χ3n) is 2.56. The highest BCUT2D eigenvalue weighted by Gasteiger charge is 2.17. The summed E-state index contributed by atoms with van der Waals surface area (Å²) < 4.78 is 0. The Bertz CT molecular complexity index is 551. The van der Waals surface area contributed by atoms with Gasteiger partial charge in [0.05, 0.1) is 11.6 Å². The van der Waals surface area contributed by atoms with E-state index in [9.17, 15) is 9.90 Å². The lowest BCUT2D eigenvalue weighted by Crippen LogP contribution is -2.09. The van der Waals surface area contributed by atoms with E-state index in [0.717, 1.165) is 5.39 Å². The lowest BCUT2D eigenvalue weighted by atomic mass is 10.0. The zero-order valence-corrected chi connectivity index (χ0v) is 8.71. The number of carboxylic acids is 1. The van der Waals surface area contributed by atoms with Crippen LogP contribution in [-0.4, -0.2) is 21.2 Å². The molecule has 0 bridgehead atoms. The maximum Gasteiger partial charge on any atom is 0.312 e. The van der Waals surface area contributed by atoms with E-state index in [-0.39, 0.29) is 5.75 Å². The maximum absolute atomic E-state index is 10.9. The summed E-state index contributed by atoms with van der Waals surface area (Å²) in [7, 11) is 0. The van der Waals surface area contributed by atoms with E-state index in [1.165, 1.54) is 6.07 Å². The standard InChI is InChI=1S/C12H11NO3/c1-7(12(15)16)11-10-6-9(14)3-2-8(10)4-5-13-11/h2-7,14H,1H3,(H,15,16). The molecule has 16 heavy (non-hydrogen) atoms. The maximum atomic E-state index is 10.9. The van der Waals surface area contributed by atoms with Crippen LogP contribution in [0.4, 0.5) is 0 Å². The van der Waals surface area contributed by atoms with E-state index < -0.39 is 11.9 Å². The number of phenols is 1. The molecule has 2 N–H and O–H groups in total. The van der Waals surface area contributed by atoms with Gasteiger partial charge in [0.1, 0.15) is 5.75 Å². The van der Waals surface area contributed by atoms with Gasteiger partial charge in [-0.05, 0) is 30.5 Å². The second-order valence-corrected chi connectivity index (χ2v) is 3.66. The molecular weight excluding hydrogens is 206 g/mol. The van der Waals surface area contributed by atoms with Crippen LogP contribution in [0.5, 0.6) is 5.75 Å². The topological polar surface area (TPSA) is 70.4 Å². The van der Waals surface area contributed by atoms with E-state index >= 15 is 0 Å². The Balaban J connectivity index is 2.69. The minimum atomic E-state index is -0.927. The lowest BCUT2D eigenvalue weighted by Gasteiger charge is -2.09. The summed E-state index contributed by atoms with van der Waals surface area (Å²) in [5.74, 6) is -1.51. The number of hydrogen-bond acceptors (Lipinski definition) is 3. The first-order valence-corrected chi connectivity index (χ1v) is 4.90. The van der Waals surface area contributed by atoms with Crippen molar-refractivity contribution in [2.24, 2.45) is 0 Å². The molecule has 0 spiro atoms. The fourth-order valence-corrected chi connectivity index (χ4v) is 1.64. The number of nitrogens with zero attached hydrogens (tertiary/aromatic N) is 1. The van der Waals surface area contributed by atoms with Gasteiger partial charge in [-0.15, -0.1) is 0 Å². The van der Waals surface area contributed by atoms with Gasteiger partial charge in [0, 0.05) is 11.6 Å². The smallest absolute Gasteiger partial charge is 0.312 e. The minimum Gasteiger partial charge on any atom is -0.508 e. The van der Waals surface area contributed by atoms with E-state index in [1.807, 2.05) is 0 Å². The van der Waals surface area contributed by atoms with E-state index in [2.05, 4.69) is 4.98 Å². The van der Waals surface area contributed by atoms with E-state index in [0.29, 0.717) is 11.1 Å². The van der Waals surface area contributed by atoms with Crippen molar-refractivity contribution in [3.05, 3.63) is 36.2 Å². The van der Waals surface area contributed by atoms with Crippen LogP contribution in [0.3, 0.4) is 0 Å². The molecule has 1 unspecified atom stereocenters. The van der Waals surface area contributed by atoms with Crippen molar-refractivity contribution >= 4 is 16.7 Å². The Hall–Kier alpha value is -2.10. The Morgan fingerprint density at radius 1 is 1.38 bits per heavy atom. The number of carboxylic acid groups (broad SMARTS) is 1. The molecule has 4 heteroatoms. The average molecular weight is 217 g/mol. The summed E-state index contributed by atoms with van der Waals surface area (Å²) in [5, 5.41) is 19.9. The normalized spacial score (nSPS) is 12.6. The number of benzene rings is 1. The average Bonchev–Trinajstić information content (AvgIpc) is 2.27. The second kappa shape index (κ2) is 3.81. The first kappa shape index (κ1) is 10.4. The van der Waals surface area contributed by atoms with Crippen molar-refractivity contribution in [2.45, 2.75) is 12.8 Å². The third kappa shape index (κ3) is 1.69.